The average Bonchev–Trinajstić information content (AvgIpc) is 3.44. The summed E-state index contributed by atoms with van der Waals surface area (Å²) < 4.78 is 0. The van der Waals surface area contributed by atoms with Crippen LogP contribution in [-0.4, -0.2) is 28.7 Å². The van der Waals surface area contributed by atoms with Gasteiger partial charge < -0.3 is 21.1 Å². The monoisotopic (exact) mass is 340 g/mol. The summed E-state index contributed by atoms with van der Waals surface area (Å²) in [5, 5.41) is 19.2. The molecule has 6 heteroatoms. The van der Waals surface area contributed by atoms with Gasteiger partial charge in [0.05, 0.1) is 6.10 Å². The van der Waals surface area contributed by atoms with Gasteiger partial charge >= 0.3 is 6.03 Å². The van der Waals surface area contributed by atoms with Gasteiger partial charge in [-0.1, -0.05) is 12.1 Å². The Morgan fingerprint density at radius 2 is 1.84 bits per heavy atom. The summed E-state index contributed by atoms with van der Waals surface area (Å²) in [4.78, 5) is 15.7. The van der Waals surface area contributed by atoms with Crippen LogP contribution in [0.3, 0.4) is 0 Å². The molecule has 1 aromatic heterocycles. The Morgan fingerprint density at radius 1 is 1.16 bits per heavy atom. The summed E-state index contributed by atoms with van der Waals surface area (Å²) in [5.41, 5.74) is 2.71. The molecule has 3 rings (SSSR count). The lowest BCUT2D eigenvalue weighted by molar-refractivity contribution is 0.170. The molecule has 2 unspecified atom stereocenters. The van der Waals surface area contributed by atoms with E-state index in [0.29, 0.717) is 12.6 Å². The molecule has 6 nitrogen and oxygen atoms in total. The average molecular weight is 340 g/mol. The lowest BCUT2D eigenvalue weighted by atomic mass is 10.1. The standard InChI is InChI=1S/C19H24N4O2/c1-13(21-12-18(24)15-8-10-20-11-9-15)14-2-4-16(5-3-14)22-19(25)23-17-6-7-17/h2-5,8-11,13,17-18,21,24H,6-7,12H2,1H3,(H2,22,23,25). The fraction of sp³-hybridized carbons (Fsp3) is 0.368. The lowest BCUT2D eigenvalue weighted by Gasteiger charge is -2.18. The smallest absolute Gasteiger partial charge is 0.319 e. The third-order valence-electron chi connectivity index (χ3n) is 4.29. The number of hydrogen-bond acceptors (Lipinski definition) is 4. The number of nitrogens with zero attached hydrogens (tertiary/aromatic N) is 1. The predicted octanol–water partition coefficient (Wildman–Crippen LogP) is 2.75. The SMILES string of the molecule is CC(NCC(O)c1ccncc1)c1ccc(NC(=O)NC2CC2)cc1. The van der Waals surface area contributed by atoms with Crippen molar-refractivity contribution in [2.45, 2.75) is 38.0 Å². The number of aromatic nitrogens is 1. The molecule has 4 N–H and O–H groups in total. The van der Waals surface area contributed by atoms with Crippen molar-refractivity contribution in [3.8, 4) is 0 Å². The van der Waals surface area contributed by atoms with Crippen LogP contribution in [0.4, 0.5) is 10.5 Å². The Kier molecular flexibility index (Phi) is 5.63. The van der Waals surface area contributed by atoms with E-state index in [1.165, 1.54) is 0 Å². The van der Waals surface area contributed by atoms with E-state index in [0.717, 1.165) is 29.7 Å². The Balaban J connectivity index is 1.48. The highest BCUT2D eigenvalue weighted by atomic mass is 16.3. The largest absolute Gasteiger partial charge is 0.387 e. The van der Waals surface area contributed by atoms with Gasteiger partial charge in [0, 0.05) is 36.7 Å². The molecule has 2 aromatic rings. The van der Waals surface area contributed by atoms with Crippen LogP contribution in [0, 0.1) is 0 Å². The molecule has 1 fully saturated rings. The Morgan fingerprint density at radius 3 is 2.48 bits per heavy atom. The summed E-state index contributed by atoms with van der Waals surface area (Å²) in [6.45, 7) is 2.50. The van der Waals surface area contributed by atoms with E-state index < -0.39 is 6.10 Å². The molecule has 1 aromatic carbocycles. The second-order valence-electron chi connectivity index (χ2n) is 6.42. The van der Waals surface area contributed by atoms with Crippen molar-refractivity contribution in [2.24, 2.45) is 0 Å². The van der Waals surface area contributed by atoms with Crippen LogP contribution in [-0.2, 0) is 0 Å². The number of nitrogens with one attached hydrogen (secondary N) is 3. The highest BCUT2D eigenvalue weighted by Crippen LogP contribution is 2.20. The van der Waals surface area contributed by atoms with E-state index in [1.807, 2.05) is 43.3 Å². The fourth-order valence-corrected chi connectivity index (χ4v) is 2.55. The molecule has 1 aliphatic rings. The number of rotatable bonds is 7. The van der Waals surface area contributed by atoms with Crippen LogP contribution in [0.25, 0.3) is 0 Å². The van der Waals surface area contributed by atoms with Crippen molar-refractivity contribution in [2.75, 3.05) is 11.9 Å². The number of urea groups is 1. The minimum atomic E-state index is -0.572. The second-order valence-corrected chi connectivity index (χ2v) is 6.42. The highest BCUT2D eigenvalue weighted by molar-refractivity contribution is 5.89. The fourth-order valence-electron chi connectivity index (χ4n) is 2.55. The van der Waals surface area contributed by atoms with E-state index in [-0.39, 0.29) is 12.1 Å². The van der Waals surface area contributed by atoms with Crippen LogP contribution in [0.15, 0.2) is 48.8 Å². The molecule has 0 radical (unpaired) electrons. The summed E-state index contributed by atoms with van der Waals surface area (Å²) in [6, 6.07) is 11.6. The van der Waals surface area contributed by atoms with Crippen molar-refractivity contribution in [1.29, 1.82) is 0 Å². The topological polar surface area (TPSA) is 86.3 Å². The first kappa shape index (κ1) is 17.4. The van der Waals surface area contributed by atoms with Crippen molar-refractivity contribution in [1.82, 2.24) is 15.6 Å². The van der Waals surface area contributed by atoms with Gasteiger partial charge in [0.15, 0.2) is 0 Å². The van der Waals surface area contributed by atoms with Crippen LogP contribution in [0.1, 0.15) is 43.0 Å². The molecule has 0 spiro atoms. The van der Waals surface area contributed by atoms with E-state index in [2.05, 4.69) is 20.9 Å². The Hall–Kier alpha value is -2.44. The second kappa shape index (κ2) is 8.09. The number of aliphatic hydroxyl groups excluding tert-OH is 1. The normalized spacial score (nSPS) is 16.1. The molecule has 0 aliphatic heterocycles. The zero-order valence-corrected chi connectivity index (χ0v) is 14.3. The molecule has 1 heterocycles. The molecule has 25 heavy (non-hydrogen) atoms. The van der Waals surface area contributed by atoms with Crippen molar-refractivity contribution in [3.63, 3.8) is 0 Å². The number of pyridine rings is 1. The van der Waals surface area contributed by atoms with Gasteiger partial charge in [0.1, 0.15) is 0 Å². The van der Waals surface area contributed by atoms with Gasteiger partial charge in [-0.3, -0.25) is 4.98 Å². The molecule has 132 valence electrons. The molecule has 2 amide bonds. The molecular weight excluding hydrogens is 316 g/mol. The first-order valence-electron chi connectivity index (χ1n) is 8.60. The van der Waals surface area contributed by atoms with Gasteiger partial charge in [0.2, 0.25) is 0 Å². The maximum Gasteiger partial charge on any atom is 0.319 e. The molecule has 1 aliphatic carbocycles. The van der Waals surface area contributed by atoms with Crippen LogP contribution in [0.2, 0.25) is 0 Å². The molecule has 0 saturated heterocycles. The van der Waals surface area contributed by atoms with Crippen LogP contribution in [0.5, 0.6) is 0 Å². The first-order valence-corrected chi connectivity index (χ1v) is 8.60. The third kappa shape index (κ3) is 5.27. The van der Waals surface area contributed by atoms with E-state index >= 15 is 0 Å². The Labute approximate surface area is 147 Å². The molecule has 0 bridgehead atoms. The maximum atomic E-state index is 11.7. The van der Waals surface area contributed by atoms with Gasteiger partial charge in [-0.15, -0.1) is 0 Å². The summed E-state index contributed by atoms with van der Waals surface area (Å²) in [6.07, 6.45) is 4.92. The molecule has 2 atom stereocenters. The number of benzene rings is 1. The van der Waals surface area contributed by atoms with Crippen LogP contribution < -0.4 is 16.0 Å². The van der Waals surface area contributed by atoms with Crippen molar-refractivity contribution < 1.29 is 9.90 Å². The summed E-state index contributed by atoms with van der Waals surface area (Å²) >= 11 is 0. The van der Waals surface area contributed by atoms with Gasteiger partial charge in [-0.2, -0.15) is 0 Å². The Bertz CT molecular complexity index is 686. The summed E-state index contributed by atoms with van der Waals surface area (Å²) in [5.74, 6) is 0. The summed E-state index contributed by atoms with van der Waals surface area (Å²) in [7, 11) is 0. The zero-order valence-electron chi connectivity index (χ0n) is 14.3. The van der Waals surface area contributed by atoms with Gasteiger partial charge in [-0.05, 0) is 55.2 Å². The molecule has 1 saturated carbocycles. The number of carbonyl (C=O) groups is 1. The minimum absolute atomic E-state index is 0.0887. The zero-order chi connectivity index (χ0) is 17.6. The van der Waals surface area contributed by atoms with Crippen molar-refractivity contribution in [3.05, 3.63) is 59.9 Å². The van der Waals surface area contributed by atoms with E-state index in [1.54, 1.807) is 12.4 Å². The third-order valence-corrected chi connectivity index (χ3v) is 4.29. The number of carbonyl (C=O) groups excluding carboxylic acids is 1. The number of hydrogen-bond donors (Lipinski definition) is 4. The van der Waals surface area contributed by atoms with Crippen LogP contribution >= 0.6 is 0 Å². The number of aliphatic hydroxyl groups is 1. The maximum absolute atomic E-state index is 11.7. The van der Waals surface area contributed by atoms with Gasteiger partial charge in [-0.25, -0.2) is 4.79 Å². The predicted molar refractivity (Wildman–Crippen MR) is 97.2 cm³/mol. The highest BCUT2D eigenvalue weighted by Gasteiger charge is 2.23. The van der Waals surface area contributed by atoms with E-state index in [4.69, 9.17) is 0 Å². The number of anilines is 1. The minimum Gasteiger partial charge on any atom is -0.387 e. The van der Waals surface area contributed by atoms with E-state index in [9.17, 15) is 9.90 Å². The number of amides is 2. The quantitative estimate of drug-likeness (QED) is 0.624. The first-order chi connectivity index (χ1) is 12.1. The van der Waals surface area contributed by atoms with Crippen molar-refractivity contribution >= 4 is 11.7 Å². The lowest BCUT2D eigenvalue weighted by Crippen LogP contribution is -2.30. The van der Waals surface area contributed by atoms with Gasteiger partial charge in [0.25, 0.3) is 0 Å². The molecular formula is C19H24N4O2.